The Balaban J connectivity index is 3.14. The summed E-state index contributed by atoms with van der Waals surface area (Å²) in [5, 5.41) is 8.30. The predicted molar refractivity (Wildman–Crippen MR) is 47.8 cm³/mol. The summed E-state index contributed by atoms with van der Waals surface area (Å²) in [6.45, 7) is 1.60. The molecule has 0 heterocycles. The van der Waals surface area contributed by atoms with Crippen LogP contribution in [0.25, 0.3) is 6.08 Å². The van der Waals surface area contributed by atoms with Gasteiger partial charge in [0.2, 0.25) is 0 Å². The van der Waals surface area contributed by atoms with Crippen LogP contribution in [0.15, 0.2) is 18.2 Å². The van der Waals surface area contributed by atoms with Crippen LogP contribution in [0.3, 0.4) is 0 Å². The van der Waals surface area contributed by atoms with Gasteiger partial charge in [-0.15, -0.1) is 0 Å². The molecule has 0 saturated carbocycles. The molecule has 1 N–H and O–H groups in total. The topological polar surface area (TPSA) is 37.3 Å². The van der Waals surface area contributed by atoms with E-state index in [0.29, 0.717) is 5.56 Å². The summed E-state index contributed by atoms with van der Waals surface area (Å²) in [7, 11) is 0. The first-order chi connectivity index (χ1) is 6.50. The zero-order valence-electron chi connectivity index (χ0n) is 7.42. The molecule has 0 bridgehead atoms. The second kappa shape index (κ2) is 4.00. The second-order valence-electron chi connectivity index (χ2n) is 2.82. The maximum atomic E-state index is 13.0. The highest BCUT2D eigenvalue weighted by molar-refractivity contribution is 5.85. The summed E-state index contributed by atoms with van der Waals surface area (Å²) in [6.07, 6.45) is 1.78. The highest BCUT2D eigenvalue weighted by Crippen LogP contribution is 2.15. The molecule has 74 valence electrons. The van der Waals surface area contributed by atoms with Crippen LogP contribution in [0, 0.1) is 18.6 Å². The third-order valence-corrected chi connectivity index (χ3v) is 1.61. The number of halogens is 2. The molecule has 0 atom stereocenters. The SMILES string of the molecule is Cc1cc(F)c(F)c(C=CC(=O)O)c1. The fraction of sp³-hybridized carbons (Fsp3) is 0.100. The van der Waals surface area contributed by atoms with Crippen LogP contribution in [0.2, 0.25) is 0 Å². The van der Waals surface area contributed by atoms with Crippen LogP contribution in [0.5, 0.6) is 0 Å². The molecule has 0 radical (unpaired) electrons. The molecular formula is C10H8F2O2. The van der Waals surface area contributed by atoms with Gasteiger partial charge in [0.25, 0.3) is 0 Å². The van der Waals surface area contributed by atoms with Crippen molar-refractivity contribution in [2.45, 2.75) is 6.92 Å². The molecule has 2 nitrogen and oxygen atoms in total. The average molecular weight is 198 g/mol. The molecule has 1 rings (SSSR count). The Morgan fingerprint density at radius 2 is 2.07 bits per heavy atom. The number of carboxylic acid groups (broad SMARTS) is 1. The van der Waals surface area contributed by atoms with E-state index >= 15 is 0 Å². The molecule has 14 heavy (non-hydrogen) atoms. The number of benzene rings is 1. The minimum absolute atomic E-state index is 0.0649. The van der Waals surface area contributed by atoms with Crippen LogP contribution in [0.4, 0.5) is 8.78 Å². The molecule has 4 heteroatoms. The van der Waals surface area contributed by atoms with Crippen molar-refractivity contribution >= 4 is 12.0 Å². The van der Waals surface area contributed by atoms with Crippen LogP contribution in [-0.4, -0.2) is 11.1 Å². The van der Waals surface area contributed by atoms with Crippen LogP contribution in [-0.2, 0) is 4.79 Å². The number of hydrogen-bond acceptors (Lipinski definition) is 1. The number of aliphatic carboxylic acids is 1. The summed E-state index contributed by atoms with van der Waals surface area (Å²) in [5.41, 5.74) is 0.471. The van der Waals surface area contributed by atoms with Crippen molar-refractivity contribution in [1.82, 2.24) is 0 Å². The van der Waals surface area contributed by atoms with Crippen molar-refractivity contribution in [3.8, 4) is 0 Å². The molecule has 0 spiro atoms. The Morgan fingerprint density at radius 3 is 2.64 bits per heavy atom. The van der Waals surface area contributed by atoms with E-state index in [-0.39, 0.29) is 5.56 Å². The maximum absolute atomic E-state index is 13.0. The first-order valence-electron chi connectivity index (χ1n) is 3.87. The summed E-state index contributed by atoms with van der Waals surface area (Å²) in [5.74, 6) is -3.21. The number of carbonyl (C=O) groups is 1. The zero-order chi connectivity index (χ0) is 10.7. The van der Waals surface area contributed by atoms with E-state index in [2.05, 4.69) is 0 Å². The monoisotopic (exact) mass is 198 g/mol. The van der Waals surface area contributed by atoms with Gasteiger partial charge in [-0.25, -0.2) is 13.6 Å². The molecule has 0 aliphatic carbocycles. The van der Waals surface area contributed by atoms with Gasteiger partial charge < -0.3 is 5.11 Å². The van der Waals surface area contributed by atoms with Crippen molar-refractivity contribution in [3.05, 3.63) is 41.0 Å². The lowest BCUT2D eigenvalue weighted by atomic mass is 10.1. The van der Waals surface area contributed by atoms with E-state index in [1.807, 2.05) is 0 Å². The molecule has 0 saturated heterocycles. The third-order valence-electron chi connectivity index (χ3n) is 1.61. The minimum Gasteiger partial charge on any atom is -0.478 e. The highest BCUT2D eigenvalue weighted by atomic mass is 19.2. The van der Waals surface area contributed by atoms with E-state index < -0.39 is 17.6 Å². The van der Waals surface area contributed by atoms with Crippen LogP contribution in [0.1, 0.15) is 11.1 Å². The van der Waals surface area contributed by atoms with Crippen LogP contribution < -0.4 is 0 Å². The maximum Gasteiger partial charge on any atom is 0.328 e. The van der Waals surface area contributed by atoms with Crippen molar-refractivity contribution < 1.29 is 18.7 Å². The smallest absolute Gasteiger partial charge is 0.328 e. The van der Waals surface area contributed by atoms with Crippen molar-refractivity contribution in [3.63, 3.8) is 0 Å². The van der Waals surface area contributed by atoms with E-state index in [1.165, 1.54) is 6.07 Å². The molecular weight excluding hydrogens is 190 g/mol. The molecule has 0 unspecified atom stereocenters. The van der Waals surface area contributed by atoms with Gasteiger partial charge in [-0.2, -0.15) is 0 Å². The summed E-state index contributed by atoms with van der Waals surface area (Å²) in [6, 6.07) is 2.42. The molecule has 1 aromatic rings. The molecule has 0 aliphatic rings. The molecule has 0 fully saturated rings. The van der Waals surface area contributed by atoms with E-state index in [9.17, 15) is 13.6 Å². The van der Waals surface area contributed by atoms with Gasteiger partial charge in [-0.05, 0) is 30.7 Å². The molecule has 0 aromatic heterocycles. The number of rotatable bonds is 2. The van der Waals surface area contributed by atoms with Gasteiger partial charge in [0.05, 0.1) is 0 Å². The molecule has 0 aliphatic heterocycles. The second-order valence-corrected chi connectivity index (χ2v) is 2.82. The molecule has 0 amide bonds. The molecule has 1 aromatic carbocycles. The first kappa shape index (κ1) is 10.4. The first-order valence-corrected chi connectivity index (χ1v) is 3.87. The lowest BCUT2D eigenvalue weighted by Gasteiger charge is -2.00. The highest BCUT2D eigenvalue weighted by Gasteiger charge is 2.06. The quantitative estimate of drug-likeness (QED) is 0.740. The normalized spacial score (nSPS) is 10.8. The van der Waals surface area contributed by atoms with Gasteiger partial charge in [-0.1, -0.05) is 0 Å². The van der Waals surface area contributed by atoms with Crippen molar-refractivity contribution in [2.75, 3.05) is 0 Å². The lowest BCUT2D eigenvalue weighted by molar-refractivity contribution is -0.131. The predicted octanol–water partition coefficient (Wildman–Crippen LogP) is 2.37. The summed E-state index contributed by atoms with van der Waals surface area (Å²) in [4.78, 5) is 10.2. The van der Waals surface area contributed by atoms with Gasteiger partial charge in [0.1, 0.15) is 0 Å². The fourth-order valence-electron chi connectivity index (χ4n) is 1.03. The Bertz CT molecular complexity index is 397. The van der Waals surface area contributed by atoms with Gasteiger partial charge in [-0.3, -0.25) is 0 Å². The fourth-order valence-corrected chi connectivity index (χ4v) is 1.03. The third kappa shape index (κ3) is 2.39. The number of hydrogen-bond donors (Lipinski definition) is 1. The zero-order valence-corrected chi connectivity index (χ0v) is 7.42. The minimum atomic E-state index is -1.20. The largest absolute Gasteiger partial charge is 0.478 e. The van der Waals surface area contributed by atoms with Gasteiger partial charge in [0, 0.05) is 11.6 Å². The van der Waals surface area contributed by atoms with E-state index in [0.717, 1.165) is 18.2 Å². The summed E-state index contributed by atoms with van der Waals surface area (Å²) >= 11 is 0. The Labute approximate surface area is 79.5 Å². The lowest BCUT2D eigenvalue weighted by Crippen LogP contribution is -1.92. The van der Waals surface area contributed by atoms with Crippen molar-refractivity contribution in [2.24, 2.45) is 0 Å². The van der Waals surface area contributed by atoms with Crippen molar-refractivity contribution in [1.29, 1.82) is 0 Å². The van der Waals surface area contributed by atoms with E-state index in [4.69, 9.17) is 5.11 Å². The van der Waals surface area contributed by atoms with E-state index in [1.54, 1.807) is 6.92 Å². The van der Waals surface area contributed by atoms with Crippen LogP contribution >= 0.6 is 0 Å². The Hall–Kier alpha value is -1.71. The number of aryl methyl sites for hydroxylation is 1. The van der Waals surface area contributed by atoms with Gasteiger partial charge >= 0.3 is 5.97 Å². The van der Waals surface area contributed by atoms with Gasteiger partial charge in [0.15, 0.2) is 11.6 Å². The standard InChI is InChI=1S/C10H8F2O2/c1-6-4-7(2-3-9(13)14)10(12)8(11)5-6/h2-5H,1H3,(H,13,14). The average Bonchev–Trinajstić information content (AvgIpc) is 2.08. The summed E-state index contributed by atoms with van der Waals surface area (Å²) < 4.78 is 25.8. The Morgan fingerprint density at radius 1 is 1.43 bits per heavy atom. The number of carboxylic acids is 1. The Kier molecular flexibility index (Phi) is 2.96.